The van der Waals surface area contributed by atoms with Crippen molar-refractivity contribution in [3.05, 3.63) is 36.2 Å². The zero-order chi connectivity index (χ0) is 18.0. The van der Waals surface area contributed by atoms with E-state index in [1.807, 2.05) is 30.6 Å². The molecule has 2 aromatic rings. The molecule has 9 heteroatoms. The van der Waals surface area contributed by atoms with E-state index in [-0.39, 0.29) is 10.8 Å². The van der Waals surface area contributed by atoms with Crippen LogP contribution in [0, 0.1) is 0 Å². The number of aromatic nitrogens is 4. The van der Waals surface area contributed by atoms with Gasteiger partial charge in [0.1, 0.15) is 16.5 Å². The lowest BCUT2D eigenvalue weighted by atomic mass is 9.99. The Labute approximate surface area is 148 Å². The molecule has 1 atom stereocenters. The fourth-order valence-electron chi connectivity index (χ4n) is 3.17. The van der Waals surface area contributed by atoms with E-state index in [1.54, 1.807) is 22.6 Å². The number of rotatable bonds is 5. The van der Waals surface area contributed by atoms with Crippen LogP contribution in [0.3, 0.4) is 0 Å². The predicted octanol–water partition coefficient (Wildman–Crippen LogP) is 0.840. The van der Waals surface area contributed by atoms with E-state index in [2.05, 4.69) is 15.2 Å². The fraction of sp³-hybridized carbons (Fsp3) is 0.562. The van der Waals surface area contributed by atoms with Gasteiger partial charge in [0.15, 0.2) is 0 Å². The second-order valence-corrected chi connectivity index (χ2v) is 8.60. The van der Waals surface area contributed by atoms with Gasteiger partial charge in [-0.1, -0.05) is 0 Å². The minimum atomic E-state index is -3.52. The summed E-state index contributed by atoms with van der Waals surface area (Å²) in [6.45, 7) is 1.65. The normalized spacial score (nSPS) is 19.4. The van der Waals surface area contributed by atoms with Gasteiger partial charge < -0.3 is 9.47 Å². The number of sulfonamides is 1. The molecule has 0 saturated carbocycles. The van der Waals surface area contributed by atoms with E-state index < -0.39 is 10.0 Å². The van der Waals surface area contributed by atoms with Gasteiger partial charge in [-0.2, -0.15) is 4.31 Å². The lowest BCUT2D eigenvalue weighted by Gasteiger charge is -2.31. The van der Waals surface area contributed by atoms with Gasteiger partial charge in [-0.25, -0.2) is 8.42 Å². The maximum Gasteiger partial charge on any atom is 0.244 e. The van der Waals surface area contributed by atoms with Crippen LogP contribution >= 0.6 is 0 Å². The molecule has 0 radical (unpaired) electrons. The Hall–Kier alpha value is -1.84. The minimum absolute atomic E-state index is 0.0496. The number of hydrogen-bond donors (Lipinski definition) is 0. The van der Waals surface area contributed by atoms with Crippen LogP contribution in [-0.2, 0) is 23.6 Å². The smallest absolute Gasteiger partial charge is 0.244 e. The molecule has 1 aliphatic heterocycles. The Kier molecular flexibility index (Phi) is 5.16. The molecule has 0 bridgehead atoms. The third-order valence-corrected chi connectivity index (χ3v) is 6.33. The van der Waals surface area contributed by atoms with Gasteiger partial charge in [0.2, 0.25) is 10.0 Å². The van der Waals surface area contributed by atoms with Gasteiger partial charge in [0.25, 0.3) is 0 Å². The topological polar surface area (TPSA) is 84.2 Å². The van der Waals surface area contributed by atoms with Crippen molar-refractivity contribution in [2.24, 2.45) is 7.05 Å². The van der Waals surface area contributed by atoms with E-state index in [4.69, 9.17) is 0 Å². The Bertz CT molecular complexity index is 818. The summed E-state index contributed by atoms with van der Waals surface area (Å²) in [4.78, 5) is 6.20. The first kappa shape index (κ1) is 18.0. The number of hydrogen-bond acceptors (Lipinski definition) is 6. The maximum absolute atomic E-state index is 12.8. The van der Waals surface area contributed by atoms with Crippen LogP contribution in [0.1, 0.15) is 30.4 Å². The van der Waals surface area contributed by atoms with Crippen molar-refractivity contribution >= 4 is 10.0 Å². The number of nitrogens with zero attached hydrogens (tertiary/aromatic N) is 6. The van der Waals surface area contributed by atoms with Crippen LogP contribution in [0.5, 0.6) is 0 Å². The van der Waals surface area contributed by atoms with Crippen molar-refractivity contribution < 1.29 is 8.42 Å². The number of pyridine rings is 1. The Morgan fingerprint density at radius 1 is 1.32 bits per heavy atom. The lowest BCUT2D eigenvalue weighted by Crippen LogP contribution is -2.39. The minimum Gasteiger partial charge on any atom is -0.317 e. The van der Waals surface area contributed by atoms with Crippen molar-refractivity contribution in [2.45, 2.75) is 30.2 Å². The molecular formula is C16H24N6O2S. The van der Waals surface area contributed by atoms with Gasteiger partial charge >= 0.3 is 0 Å². The van der Waals surface area contributed by atoms with Gasteiger partial charge in [-0.3, -0.25) is 4.98 Å². The second kappa shape index (κ2) is 7.19. The molecule has 0 aromatic carbocycles. The summed E-state index contributed by atoms with van der Waals surface area (Å²) in [6.07, 6.45) is 4.69. The molecule has 0 amide bonds. The van der Waals surface area contributed by atoms with E-state index in [9.17, 15) is 8.42 Å². The SMILES string of the molecule is CN(C)Cc1nnc([C@H]2CCCN(S(=O)(=O)c3cccnc3)C2)n1C. The lowest BCUT2D eigenvalue weighted by molar-refractivity contribution is 0.305. The highest BCUT2D eigenvalue weighted by molar-refractivity contribution is 7.89. The Morgan fingerprint density at radius 2 is 2.12 bits per heavy atom. The van der Waals surface area contributed by atoms with E-state index >= 15 is 0 Å². The summed E-state index contributed by atoms with van der Waals surface area (Å²) < 4.78 is 29.2. The van der Waals surface area contributed by atoms with Crippen LogP contribution in [-0.4, -0.2) is 64.6 Å². The third-order valence-electron chi connectivity index (χ3n) is 4.48. The summed E-state index contributed by atoms with van der Waals surface area (Å²) in [5, 5.41) is 8.60. The first-order valence-electron chi connectivity index (χ1n) is 8.32. The van der Waals surface area contributed by atoms with E-state index in [1.165, 1.54) is 6.20 Å². The van der Waals surface area contributed by atoms with Crippen LogP contribution < -0.4 is 0 Å². The molecule has 25 heavy (non-hydrogen) atoms. The predicted molar refractivity (Wildman–Crippen MR) is 93.4 cm³/mol. The standard InChI is InChI=1S/C16H24N6O2S/c1-20(2)12-15-18-19-16(21(15)3)13-6-5-9-22(11-13)25(23,24)14-7-4-8-17-10-14/h4,7-8,10,13H,5-6,9,11-12H2,1-3H3/t13-/m0/s1. The average molecular weight is 364 g/mol. The van der Waals surface area contributed by atoms with Gasteiger partial charge in [-0.05, 0) is 39.1 Å². The van der Waals surface area contributed by atoms with Crippen molar-refractivity contribution in [3.8, 4) is 0 Å². The highest BCUT2D eigenvalue weighted by Gasteiger charge is 2.33. The van der Waals surface area contributed by atoms with E-state index in [0.29, 0.717) is 19.6 Å². The van der Waals surface area contributed by atoms with Crippen molar-refractivity contribution in [2.75, 3.05) is 27.2 Å². The van der Waals surface area contributed by atoms with Crippen LogP contribution in [0.25, 0.3) is 0 Å². The molecule has 1 saturated heterocycles. The molecule has 136 valence electrons. The summed E-state index contributed by atoms with van der Waals surface area (Å²) >= 11 is 0. The molecule has 1 fully saturated rings. The van der Waals surface area contributed by atoms with E-state index in [0.717, 1.165) is 24.5 Å². The highest BCUT2D eigenvalue weighted by Crippen LogP contribution is 2.29. The first-order chi connectivity index (χ1) is 11.9. The summed E-state index contributed by atoms with van der Waals surface area (Å²) in [7, 11) is 2.39. The van der Waals surface area contributed by atoms with Gasteiger partial charge in [-0.15, -0.1) is 10.2 Å². The Morgan fingerprint density at radius 3 is 2.80 bits per heavy atom. The molecule has 0 N–H and O–H groups in total. The van der Waals surface area contributed by atoms with Crippen LogP contribution in [0.2, 0.25) is 0 Å². The third kappa shape index (κ3) is 3.73. The maximum atomic E-state index is 12.8. The largest absolute Gasteiger partial charge is 0.317 e. The van der Waals surface area contributed by atoms with Crippen LogP contribution in [0.4, 0.5) is 0 Å². The van der Waals surface area contributed by atoms with Crippen LogP contribution in [0.15, 0.2) is 29.4 Å². The van der Waals surface area contributed by atoms with Crippen molar-refractivity contribution in [1.82, 2.24) is 29.0 Å². The zero-order valence-electron chi connectivity index (χ0n) is 14.8. The zero-order valence-corrected chi connectivity index (χ0v) is 15.6. The molecule has 3 heterocycles. The molecule has 8 nitrogen and oxygen atoms in total. The van der Waals surface area contributed by atoms with Crippen molar-refractivity contribution in [1.29, 1.82) is 0 Å². The molecule has 0 spiro atoms. The highest BCUT2D eigenvalue weighted by atomic mass is 32.2. The molecule has 0 unspecified atom stereocenters. The van der Waals surface area contributed by atoms with Gasteiger partial charge in [0.05, 0.1) is 6.54 Å². The molecule has 2 aromatic heterocycles. The first-order valence-corrected chi connectivity index (χ1v) is 9.76. The second-order valence-electron chi connectivity index (χ2n) is 6.66. The molecule has 1 aliphatic rings. The molecule has 0 aliphatic carbocycles. The summed E-state index contributed by atoms with van der Waals surface area (Å²) in [6, 6.07) is 3.23. The van der Waals surface area contributed by atoms with Gasteiger partial charge in [0, 0.05) is 38.4 Å². The monoisotopic (exact) mass is 364 g/mol. The summed E-state index contributed by atoms with van der Waals surface area (Å²) in [5.41, 5.74) is 0. The molecule has 3 rings (SSSR count). The average Bonchev–Trinajstić information content (AvgIpc) is 2.96. The van der Waals surface area contributed by atoms with Crippen molar-refractivity contribution in [3.63, 3.8) is 0 Å². The summed E-state index contributed by atoms with van der Waals surface area (Å²) in [5.74, 6) is 1.78. The fourth-order valence-corrected chi connectivity index (χ4v) is 4.66. The molecular weight excluding hydrogens is 340 g/mol. The quantitative estimate of drug-likeness (QED) is 0.782. The Balaban J connectivity index is 1.81. The number of piperidine rings is 1.